The fourth-order valence-electron chi connectivity index (χ4n) is 3.06. The molecule has 0 fully saturated rings. The Morgan fingerprint density at radius 1 is 0.969 bits per heavy atom. The summed E-state index contributed by atoms with van der Waals surface area (Å²) in [7, 11) is -0.147. The van der Waals surface area contributed by atoms with Crippen LogP contribution in [0.15, 0.2) is 65.7 Å². The van der Waals surface area contributed by atoms with E-state index in [0.717, 1.165) is 5.82 Å². The molecule has 1 amide bonds. The summed E-state index contributed by atoms with van der Waals surface area (Å²) in [4.78, 5) is 18.8. The minimum Gasteiger partial charge on any atom is -0.486 e. The van der Waals surface area contributed by atoms with Crippen molar-refractivity contribution in [1.29, 1.82) is 0 Å². The standard InChI is InChI=1S/C22H22N4O5S/c1-26(2)21-9-6-17(14-23-21)24-22(27)15-4-3-5-16(12-15)25-32(28,29)18-7-8-19-20(13-18)31-11-10-30-19/h3-9,12-14,25H,10-11H2,1-2H3,(H,24,27). The highest BCUT2D eigenvalue weighted by Gasteiger charge is 2.20. The Morgan fingerprint density at radius 2 is 1.75 bits per heavy atom. The van der Waals surface area contributed by atoms with Crippen LogP contribution in [0.25, 0.3) is 0 Å². The number of nitrogens with zero attached hydrogens (tertiary/aromatic N) is 2. The van der Waals surface area contributed by atoms with Crippen molar-refractivity contribution < 1.29 is 22.7 Å². The van der Waals surface area contributed by atoms with E-state index in [2.05, 4.69) is 15.0 Å². The lowest BCUT2D eigenvalue weighted by Crippen LogP contribution is -2.18. The molecule has 0 atom stereocenters. The Bertz CT molecular complexity index is 1240. The van der Waals surface area contributed by atoms with Crippen molar-refractivity contribution >= 4 is 33.1 Å². The van der Waals surface area contributed by atoms with Gasteiger partial charge in [-0.05, 0) is 42.5 Å². The topological polar surface area (TPSA) is 110 Å². The number of sulfonamides is 1. The van der Waals surface area contributed by atoms with Crippen LogP contribution >= 0.6 is 0 Å². The maximum Gasteiger partial charge on any atom is 0.262 e. The number of hydrogen-bond acceptors (Lipinski definition) is 7. The molecule has 9 nitrogen and oxygen atoms in total. The molecule has 0 saturated carbocycles. The van der Waals surface area contributed by atoms with Crippen LogP contribution in [-0.4, -0.2) is 46.6 Å². The van der Waals surface area contributed by atoms with E-state index < -0.39 is 10.0 Å². The number of fused-ring (bicyclic) bond motifs is 1. The molecule has 166 valence electrons. The molecule has 0 saturated heterocycles. The zero-order chi connectivity index (χ0) is 22.7. The van der Waals surface area contributed by atoms with Gasteiger partial charge in [-0.15, -0.1) is 0 Å². The summed E-state index contributed by atoms with van der Waals surface area (Å²) in [5.74, 6) is 1.26. The quantitative estimate of drug-likeness (QED) is 0.589. The summed E-state index contributed by atoms with van der Waals surface area (Å²) in [5, 5.41) is 2.75. The van der Waals surface area contributed by atoms with Gasteiger partial charge in [0.2, 0.25) is 0 Å². The average molecular weight is 455 g/mol. The van der Waals surface area contributed by atoms with Gasteiger partial charge in [0.15, 0.2) is 11.5 Å². The van der Waals surface area contributed by atoms with Crippen LogP contribution in [0.1, 0.15) is 10.4 Å². The van der Waals surface area contributed by atoms with Gasteiger partial charge in [0.1, 0.15) is 19.0 Å². The molecule has 0 aliphatic carbocycles. The molecule has 10 heteroatoms. The Labute approximate surface area is 186 Å². The SMILES string of the molecule is CN(C)c1ccc(NC(=O)c2cccc(NS(=O)(=O)c3ccc4c(c3)OCCO4)c2)cn1. The van der Waals surface area contributed by atoms with Crippen molar-refractivity contribution in [2.75, 3.05) is 42.2 Å². The minimum absolute atomic E-state index is 0.0312. The van der Waals surface area contributed by atoms with Gasteiger partial charge in [0.05, 0.1) is 16.8 Å². The molecule has 1 aromatic heterocycles. The highest BCUT2D eigenvalue weighted by Crippen LogP contribution is 2.32. The highest BCUT2D eigenvalue weighted by molar-refractivity contribution is 7.92. The Kier molecular flexibility index (Phi) is 5.87. The molecule has 2 N–H and O–H groups in total. The zero-order valence-electron chi connectivity index (χ0n) is 17.5. The van der Waals surface area contributed by atoms with Crippen LogP contribution in [0.5, 0.6) is 11.5 Å². The third-order valence-electron chi connectivity index (χ3n) is 4.66. The molecule has 0 spiro atoms. The number of hydrogen-bond donors (Lipinski definition) is 2. The maximum atomic E-state index is 12.8. The molecule has 0 radical (unpaired) electrons. The van der Waals surface area contributed by atoms with E-state index in [4.69, 9.17) is 9.47 Å². The first kappa shape index (κ1) is 21.4. The second-order valence-electron chi connectivity index (χ2n) is 7.25. The molecule has 1 aliphatic rings. The largest absolute Gasteiger partial charge is 0.486 e. The smallest absolute Gasteiger partial charge is 0.262 e. The van der Waals surface area contributed by atoms with E-state index in [9.17, 15) is 13.2 Å². The number of carbonyl (C=O) groups is 1. The van der Waals surface area contributed by atoms with E-state index in [1.54, 1.807) is 42.6 Å². The van der Waals surface area contributed by atoms with E-state index in [-0.39, 0.29) is 16.5 Å². The molecular weight excluding hydrogens is 432 g/mol. The normalized spacial score (nSPS) is 12.7. The van der Waals surface area contributed by atoms with E-state index >= 15 is 0 Å². The van der Waals surface area contributed by atoms with Crippen molar-refractivity contribution in [2.45, 2.75) is 4.90 Å². The minimum atomic E-state index is -3.89. The van der Waals surface area contributed by atoms with Crippen LogP contribution in [0.2, 0.25) is 0 Å². The Hall–Kier alpha value is -3.79. The van der Waals surface area contributed by atoms with Crippen LogP contribution in [0, 0.1) is 0 Å². The van der Waals surface area contributed by atoms with Gasteiger partial charge in [-0.25, -0.2) is 13.4 Å². The summed E-state index contributed by atoms with van der Waals surface area (Å²) < 4.78 is 39.0. The first-order valence-corrected chi connectivity index (χ1v) is 11.3. The molecule has 32 heavy (non-hydrogen) atoms. The fourth-order valence-corrected chi connectivity index (χ4v) is 4.12. The number of rotatable bonds is 6. The van der Waals surface area contributed by atoms with Crippen molar-refractivity contribution in [1.82, 2.24) is 4.98 Å². The molecule has 0 bridgehead atoms. The van der Waals surface area contributed by atoms with Gasteiger partial charge >= 0.3 is 0 Å². The van der Waals surface area contributed by atoms with Crippen LogP contribution in [0.3, 0.4) is 0 Å². The van der Waals surface area contributed by atoms with Gasteiger partial charge in [-0.2, -0.15) is 0 Å². The zero-order valence-corrected chi connectivity index (χ0v) is 18.3. The van der Waals surface area contributed by atoms with Crippen LogP contribution < -0.4 is 24.4 Å². The third kappa shape index (κ3) is 4.75. The van der Waals surface area contributed by atoms with Crippen LogP contribution in [-0.2, 0) is 10.0 Å². The number of nitrogens with one attached hydrogen (secondary N) is 2. The van der Waals surface area contributed by atoms with E-state index in [1.807, 2.05) is 19.0 Å². The Balaban J connectivity index is 1.49. The van der Waals surface area contributed by atoms with Crippen LogP contribution in [0.4, 0.5) is 17.2 Å². The summed E-state index contributed by atoms with van der Waals surface area (Å²) in [6, 6.07) is 14.2. The molecule has 1 aliphatic heterocycles. The predicted octanol–water partition coefficient (Wildman–Crippen LogP) is 2.97. The lowest BCUT2D eigenvalue weighted by molar-refractivity contribution is 0.102. The van der Waals surface area contributed by atoms with E-state index in [1.165, 1.54) is 18.2 Å². The maximum absolute atomic E-state index is 12.8. The second kappa shape index (κ2) is 8.75. The van der Waals surface area contributed by atoms with Crippen molar-refractivity contribution in [2.24, 2.45) is 0 Å². The van der Waals surface area contributed by atoms with E-state index in [0.29, 0.717) is 36.0 Å². The van der Waals surface area contributed by atoms with Crippen molar-refractivity contribution in [3.63, 3.8) is 0 Å². The summed E-state index contributed by atoms with van der Waals surface area (Å²) in [6.07, 6.45) is 1.56. The van der Waals surface area contributed by atoms with Gasteiger partial charge in [0.25, 0.3) is 15.9 Å². The lowest BCUT2D eigenvalue weighted by atomic mass is 10.2. The molecule has 2 aromatic carbocycles. The molecule has 2 heterocycles. The summed E-state index contributed by atoms with van der Waals surface area (Å²) in [5.41, 5.74) is 1.08. The van der Waals surface area contributed by atoms with Crippen molar-refractivity contribution in [3.8, 4) is 11.5 Å². The predicted molar refractivity (Wildman–Crippen MR) is 121 cm³/mol. The highest BCUT2D eigenvalue weighted by atomic mass is 32.2. The lowest BCUT2D eigenvalue weighted by Gasteiger charge is -2.19. The first-order valence-electron chi connectivity index (χ1n) is 9.79. The number of amides is 1. The van der Waals surface area contributed by atoms with Gasteiger partial charge in [-0.1, -0.05) is 6.07 Å². The monoisotopic (exact) mass is 454 g/mol. The molecule has 0 unspecified atom stereocenters. The average Bonchev–Trinajstić information content (AvgIpc) is 2.79. The number of pyridine rings is 1. The fraction of sp³-hybridized carbons (Fsp3) is 0.182. The van der Waals surface area contributed by atoms with Gasteiger partial charge in [-0.3, -0.25) is 9.52 Å². The van der Waals surface area contributed by atoms with Crippen molar-refractivity contribution in [3.05, 3.63) is 66.4 Å². The number of carbonyl (C=O) groups excluding carboxylic acids is 1. The number of anilines is 3. The first-order chi connectivity index (χ1) is 15.3. The number of benzene rings is 2. The summed E-state index contributed by atoms with van der Waals surface area (Å²) in [6.45, 7) is 0.774. The van der Waals surface area contributed by atoms with Gasteiger partial charge < -0.3 is 19.7 Å². The third-order valence-corrected chi connectivity index (χ3v) is 6.04. The molecule has 4 rings (SSSR count). The van der Waals surface area contributed by atoms with Gasteiger partial charge in [0, 0.05) is 31.4 Å². The molecule has 3 aromatic rings. The second-order valence-corrected chi connectivity index (χ2v) is 8.93. The number of ether oxygens (including phenoxy) is 2. The summed E-state index contributed by atoms with van der Waals surface area (Å²) >= 11 is 0. The Morgan fingerprint density at radius 3 is 2.47 bits per heavy atom. The number of aromatic nitrogens is 1. The molecular formula is C22H22N4O5S.